The normalized spacial score (nSPS) is 17.2. The number of hydrogen-bond acceptors (Lipinski definition) is 5. The van der Waals surface area contributed by atoms with Crippen molar-refractivity contribution in [2.45, 2.75) is 26.9 Å². The molecule has 0 bridgehead atoms. The summed E-state index contributed by atoms with van der Waals surface area (Å²) in [5, 5.41) is 6.79. The molecule has 0 aliphatic carbocycles. The quantitative estimate of drug-likeness (QED) is 0.207. The van der Waals surface area contributed by atoms with Gasteiger partial charge < -0.3 is 29.6 Å². The fraction of sp³-hybridized carbons (Fsp3) is 0.750. The highest BCUT2D eigenvalue weighted by molar-refractivity contribution is 14.0. The van der Waals surface area contributed by atoms with E-state index < -0.39 is 0 Å². The lowest BCUT2D eigenvalue weighted by Crippen LogP contribution is -2.48. The molecule has 8 heteroatoms. The summed E-state index contributed by atoms with van der Waals surface area (Å²) >= 11 is 0. The molecule has 2 rings (SSSR count). The monoisotopic (exact) mass is 507 g/mol. The smallest absolute Gasteiger partial charge is 0.190 e. The topological polar surface area (TPSA) is 65.3 Å². The first-order valence-corrected chi connectivity index (χ1v) is 10.2. The fourth-order valence-corrected chi connectivity index (χ4v) is 3.23. The van der Waals surface area contributed by atoms with Crippen LogP contribution in [-0.2, 0) is 11.3 Å². The standard InChI is InChI=1S/C20H37N5O2.HI/c1-4-24-9-11-25(12-10-24)16-18(2)15-23-20(21-3)22-8-6-13-26-17-19-7-5-14-27-19;/h5,7,14,18H,4,6,8-13,15-17H2,1-3H3,(H2,21,22,23);1H. The van der Waals surface area contributed by atoms with Crippen LogP contribution in [0.4, 0.5) is 0 Å². The van der Waals surface area contributed by atoms with Gasteiger partial charge in [0, 0.05) is 59.5 Å². The number of aliphatic imine (C=N–C) groups is 1. The van der Waals surface area contributed by atoms with Gasteiger partial charge >= 0.3 is 0 Å². The van der Waals surface area contributed by atoms with Crippen molar-refractivity contribution < 1.29 is 9.15 Å². The molecule has 0 saturated carbocycles. The minimum atomic E-state index is 0. The SMILES string of the molecule is CCN1CCN(CC(C)CNC(=NC)NCCCOCc2ccco2)CC1.I. The van der Waals surface area contributed by atoms with E-state index in [4.69, 9.17) is 9.15 Å². The Hall–Kier alpha value is -0.840. The van der Waals surface area contributed by atoms with E-state index in [1.807, 2.05) is 19.2 Å². The molecule has 1 unspecified atom stereocenters. The van der Waals surface area contributed by atoms with Gasteiger partial charge in [-0.25, -0.2) is 0 Å². The summed E-state index contributed by atoms with van der Waals surface area (Å²) in [7, 11) is 1.82. The van der Waals surface area contributed by atoms with E-state index in [1.54, 1.807) is 6.26 Å². The van der Waals surface area contributed by atoms with Crippen molar-refractivity contribution in [3.63, 3.8) is 0 Å². The molecule has 0 radical (unpaired) electrons. The molecule has 28 heavy (non-hydrogen) atoms. The fourth-order valence-electron chi connectivity index (χ4n) is 3.23. The maximum absolute atomic E-state index is 5.59. The van der Waals surface area contributed by atoms with Crippen molar-refractivity contribution in [3.05, 3.63) is 24.2 Å². The van der Waals surface area contributed by atoms with Crippen LogP contribution in [0.5, 0.6) is 0 Å². The van der Waals surface area contributed by atoms with Crippen LogP contribution in [0.15, 0.2) is 27.8 Å². The summed E-state index contributed by atoms with van der Waals surface area (Å²) < 4.78 is 10.8. The average molecular weight is 507 g/mol. The summed E-state index contributed by atoms with van der Waals surface area (Å²) in [6, 6.07) is 3.80. The molecule has 7 nitrogen and oxygen atoms in total. The molecular formula is C20H38IN5O2. The molecule has 1 aliphatic rings. The van der Waals surface area contributed by atoms with Crippen LogP contribution < -0.4 is 10.6 Å². The second-order valence-electron chi connectivity index (χ2n) is 7.21. The number of furan rings is 1. The second-order valence-corrected chi connectivity index (χ2v) is 7.21. The van der Waals surface area contributed by atoms with Crippen LogP contribution in [0, 0.1) is 5.92 Å². The summed E-state index contributed by atoms with van der Waals surface area (Å²) in [4.78, 5) is 9.40. The number of guanidine groups is 1. The van der Waals surface area contributed by atoms with Gasteiger partial charge in [-0.15, -0.1) is 24.0 Å². The number of piperazine rings is 1. The van der Waals surface area contributed by atoms with Crippen molar-refractivity contribution in [2.75, 3.05) is 66.0 Å². The lowest BCUT2D eigenvalue weighted by molar-refractivity contribution is 0.105. The average Bonchev–Trinajstić information content (AvgIpc) is 3.21. The Morgan fingerprint density at radius 2 is 2.00 bits per heavy atom. The van der Waals surface area contributed by atoms with E-state index in [0.717, 1.165) is 37.8 Å². The molecular weight excluding hydrogens is 469 g/mol. The summed E-state index contributed by atoms with van der Waals surface area (Å²) in [6.07, 6.45) is 2.60. The number of nitrogens with one attached hydrogen (secondary N) is 2. The van der Waals surface area contributed by atoms with Gasteiger partial charge in [0.15, 0.2) is 5.96 Å². The highest BCUT2D eigenvalue weighted by Crippen LogP contribution is 2.05. The molecule has 0 amide bonds. The molecule has 1 aromatic heterocycles. The summed E-state index contributed by atoms with van der Waals surface area (Å²) in [5.41, 5.74) is 0. The molecule has 1 atom stereocenters. The van der Waals surface area contributed by atoms with E-state index in [9.17, 15) is 0 Å². The number of halogens is 1. The van der Waals surface area contributed by atoms with Crippen molar-refractivity contribution >= 4 is 29.9 Å². The number of hydrogen-bond donors (Lipinski definition) is 2. The van der Waals surface area contributed by atoms with E-state index in [2.05, 4.69) is 39.3 Å². The third-order valence-corrected chi connectivity index (χ3v) is 4.91. The van der Waals surface area contributed by atoms with Gasteiger partial charge in [-0.05, 0) is 31.0 Å². The first kappa shape index (κ1) is 25.2. The zero-order chi connectivity index (χ0) is 19.3. The predicted molar refractivity (Wildman–Crippen MR) is 125 cm³/mol. The molecule has 2 N–H and O–H groups in total. The molecule has 0 aromatic carbocycles. The van der Waals surface area contributed by atoms with Crippen molar-refractivity contribution in [3.8, 4) is 0 Å². The Morgan fingerprint density at radius 3 is 2.64 bits per heavy atom. The lowest BCUT2D eigenvalue weighted by atomic mass is 10.1. The Labute approximate surface area is 187 Å². The third kappa shape index (κ3) is 10.1. The van der Waals surface area contributed by atoms with Gasteiger partial charge in [-0.3, -0.25) is 4.99 Å². The third-order valence-electron chi connectivity index (χ3n) is 4.91. The van der Waals surface area contributed by atoms with E-state index in [1.165, 1.54) is 32.7 Å². The van der Waals surface area contributed by atoms with Crippen LogP contribution in [0.25, 0.3) is 0 Å². The zero-order valence-corrected chi connectivity index (χ0v) is 20.0. The van der Waals surface area contributed by atoms with Gasteiger partial charge in [0.2, 0.25) is 0 Å². The largest absolute Gasteiger partial charge is 0.467 e. The van der Waals surface area contributed by atoms with E-state index in [-0.39, 0.29) is 24.0 Å². The van der Waals surface area contributed by atoms with Crippen molar-refractivity contribution in [2.24, 2.45) is 10.9 Å². The molecule has 1 aliphatic heterocycles. The number of rotatable bonds is 11. The van der Waals surface area contributed by atoms with Crippen molar-refractivity contribution in [1.29, 1.82) is 0 Å². The highest BCUT2D eigenvalue weighted by Gasteiger charge is 2.17. The number of likely N-dealkylation sites (N-methyl/N-ethyl adjacent to an activating group) is 1. The first-order valence-electron chi connectivity index (χ1n) is 10.2. The van der Waals surface area contributed by atoms with Gasteiger partial charge in [0.1, 0.15) is 12.4 Å². The summed E-state index contributed by atoms with van der Waals surface area (Å²) in [5.74, 6) is 2.32. The van der Waals surface area contributed by atoms with Crippen LogP contribution >= 0.6 is 24.0 Å². The van der Waals surface area contributed by atoms with Crippen LogP contribution in [0.3, 0.4) is 0 Å². The maximum Gasteiger partial charge on any atom is 0.190 e. The van der Waals surface area contributed by atoms with Crippen LogP contribution in [0.1, 0.15) is 26.0 Å². The van der Waals surface area contributed by atoms with Gasteiger partial charge in [0.25, 0.3) is 0 Å². The van der Waals surface area contributed by atoms with E-state index >= 15 is 0 Å². The number of nitrogens with zero attached hydrogens (tertiary/aromatic N) is 3. The molecule has 1 aromatic rings. The minimum absolute atomic E-state index is 0. The Balaban J connectivity index is 0.00000392. The van der Waals surface area contributed by atoms with Crippen molar-refractivity contribution in [1.82, 2.24) is 20.4 Å². The molecule has 1 saturated heterocycles. The molecule has 162 valence electrons. The zero-order valence-electron chi connectivity index (χ0n) is 17.7. The summed E-state index contributed by atoms with van der Waals surface area (Å²) in [6.45, 7) is 14.6. The Morgan fingerprint density at radius 1 is 1.25 bits per heavy atom. The molecule has 0 spiro atoms. The Kier molecular flexibility index (Phi) is 13.6. The number of ether oxygens (including phenoxy) is 1. The minimum Gasteiger partial charge on any atom is -0.467 e. The first-order chi connectivity index (χ1) is 13.2. The molecule has 2 heterocycles. The van der Waals surface area contributed by atoms with Gasteiger partial charge in [-0.2, -0.15) is 0 Å². The van der Waals surface area contributed by atoms with Gasteiger partial charge in [0.05, 0.1) is 6.26 Å². The van der Waals surface area contributed by atoms with Crippen LogP contribution in [-0.4, -0.2) is 81.8 Å². The van der Waals surface area contributed by atoms with Crippen LogP contribution in [0.2, 0.25) is 0 Å². The van der Waals surface area contributed by atoms with E-state index in [0.29, 0.717) is 19.1 Å². The lowest BCUT2D eigenvalue weighted by Gasteiger charge is -2.35. The predicted octanol–water partition coefficient (Wildman–Crippen LogP) is 2.24. The second kappa shape index (κ2) is 15.1. The highest BCUT2D eigenvalue weighted by atomic mass is 127. The molecule has 1 fully saturated rings. The maximum atomic E-state index is 5.59. The van der Waals surface area contributed by atoms with Gasteiger partial charge in [-0.1, -0.05) is 13.8 Å². The Bertz CT molecular complexity index is 519.